The van der Waals surface area contributed by atoms with Gasteiger partial charge in [0.25, 0.3) is 0 Å². The van der Waals surface area contributed by atoms with Gasteiger partial charge >= 0.3 is 12.1 Å². The zero-order chi connectivity index (χ0) is 18.0. The number of carboxylic acids is 1. The molecular weight excluding hydrogens is 333 g/mol. The van der Waals surface area contributed by atoms with Gasteiger partial charge in [0, 0.05) is 12.0 Å². The van der Waals surface area contributed by atoms with Crippen molar-refractivity contribution in [3.8, 4) is 11.3 Å². The molecule has 0 bridgehead atoms. The molecule has 2 aromatic rings. The Morgan fingerprint density at radius 1 is 1.16 bits per heavy atom. The van der Waals surface area contributed by atoms with Crippen molar-refractivity contribution in [2.45, 2.75) is 44.2 Å². The molecule has 1 heterocycles. The molecule has 1 aromatic carbocycles. The molecule has 0 amide bonds. The molecule has 25 heavy (non-hydrogen) atoms. The largest absolute Gasteiger partial charge is 0.481 e. The van der Waals surface area contributed by atoms with E-state index >= 15 is 0 Å². The topological polar surface area (TPSA) is 66.0 Å². The number of hydrogen-bond acceptors (Lipinski definition) is 2. The Bertz CT molecular complexity index is 730. The fraction of sp³-hybridized carbons (Fsp3) is 0.444. The molecule has 0 saturated heterocycles. The van der Waals surface area contributed by atoms with Crippen LogP contribution in [-0.4, -0.2) is 21.3 Å². The van der Waals surface area contributed by atoms with E-state index in [1.807, 2.05) is 17.2 Å². The molecule has 0 radical (unpaired) electrons. The number of hydrogen-bond donors (Lipinski definition) is 2. The van der Waals surface area contributed by atoms with Gasteiger partial charge in [-0.25, -0.2) is 0 Å². The van der Waals surface area contributed by atoms with Crippen molar-refractivity contribution in [2.75, 3.05) is 0 Å². The molecule has 1 saturated carbocycles. The van der Waals surface area contributed by atoms with Gasteiger partial charge in [-0.15, -0.1) is 0 Å². The van der Waals surface area contributed by atoms with E-state index in [9.17, 15) is 18.0 Å². The van der Waals surface area contributed by atoms with Crippen LogP contribution >= 0.6 is 0 Å². The summed E-state index contributed by atoms with van der Waals surface area (Å²) in [6, 6.07) is 8.44. The van der Waals surface area contributed by atoms with Gasteiger partial charge in [0.1, 0.15) is 5.69 Å². The van der Waals surface area contributed by atoms with E-state index < -0.39 is 17.8 Å². The van der Waals surface area contributed by atoms with Crippen LogP contribution in [0.1, 0.15) is 49.3 Å². The number of carbonyl (C=O) groups is 1. The number of nitrogens with zero attached hydrogens (tertiary/aromatic N) is 1. The van der Waals surface area contributed by atoms with Crippen LogP contribution in [0.25, 0.3) is 11.3 Å². The maximum Gasteiger partial charge on any atom is 0.432 e. The van der Waals surface area contributed by atoms with E-state index in [0.717, 1.165) is 37.3 Å². The molecule has 1 fully saturated rings. The first kappa shape index (κ1) is 17.5. The number of halogens is 3. The van der Waals surface area contributed by atoms with Crippen LogP contribution < -0.4 is 0 Å². The summed E-state index contributed by atoms with van der Waals surface area (Å²) in [5.74, 6) is -0.119. The van der Waals surface area contributed by atoms with E-state index in [-0.39, 0.29) is 18.0 Å². The number of H-pyrrole nitrogens is 1. The summed E-state index contributed by atoms with van der Waals surface area (Å²) in [7, 11) is 0. The SMILES string of the molecule is O=C(O)CC1CCC(c2ccc(-c3cc(C(F)(F)F)[nH]n3)cc2)CC1. The monoisotopic (exact) mass is 352 g/mol. The van der Waals surface area contributed by atoms with Crippen LogP contribution in [-0.2, 0) is 11.0 Å². The Balaban J connectivity index is 1.65. The number of carboxylic acid groups (broad SMARTS) is 1. The highest BCUT2D eigenvalue weighted by Crippen LogP contribution is 2.37. The summed E-state index contributed by atoms with van der Waals surface area (Å²) in [6.45, 7) is 0. The van der Waals surface area contributed by atoms with Crippen molar-refractivity contribution in [2.24, 2.45) is 5.92 Å². The molecular formula is C18H19F3N2O2. The van der Waals surface area contributed by atoms with E-state index in [1.165, 1.54) is 0 Å². The predicted molar refractivity (Wildman–Crippen MR) is 86.0 cm³/mol. The molecule has 0 aliphatic heterocycles. The average Bonchev–Trinajstić information content (AvgIpc) is 3.05. The first-order valence-corrected chi connectivity index (χ1v) is 8.27. The third kappa shape index (κ3) is 4.21. The first-order chi connectivity index (χ1) is 11.8. The van der Waals surface area contributed by atoms with Crippen molar-refractivity contribution in [3.63, 3.8) is 0 Å². The van der Waals surface area contributed by atoms with Crippen LogP contribution in [0.4, 0.5) is 13.2 Å². The van der Waals surface area contributed by atoms with Crippen molar-refractivity contribution in [3.05, 3.63) is 41.6 Å². The number of benzene rings is 1. The third-order valence-corrected chi connectivity index (χ3v) is 4.87. The summed E-state index contributed by atoms with van der Waals surface area (Å²) in [5, 5.41) is 14.6. The minimum absolute atomic E-state index is 0.229. The number of aromatic nitrogens is 2. The highest BCUT2D eigenvalue weighted by molar-refractivity contribution is 5.67. The number of aliphatic carboxylic acids is 1. The molecule has 1 aliphatic rings. The molecule has 134 valence electrons. The molecule has 4 nitrogen and oxygen atoms in total. The third-order valence-electron chi connectivity index (χ3n) is 4.87. The van der Waals surface area contributed by atoms with E-state index in [0.29, 0.717) is 11.5 Å². The van der Waals surface area contributed by atoms with Crippen LogP contribution in [0.5, 0.6) is 0 Å². The van der Waals surface area contributed by atoms with Crippen LogP contribution in [0.15, 0.2) is 30.3 Å². The van der Waals surface area contributed by atoms with Gasteiger partial charge in [0.05, 0.1) is 5.69 Å². The van der Waals surface area contributed by atoms with Gasteiger partial charge in [-0.05, 0) is 49.1 Å². The van der Waals surface area contributed by atoms with Crippen molar-refractivity contribution < 1.29 is 23.1 Å². The smallest absolute Gasteiger partial charge is 0.432 e. The summed E-state index contributed by atoms with van der Waals surface area (Å²) < 4.78 is 37.9. The Kier molecular flexibility index (Phi) is 4.83. The van der Waals surface area contributed by atoms with Gasteiger partial charge < -0.3 is 5.11 Å². The van der Waals surface area contributed by atoms with Gasteiger partial charge in [0.15, 0.2) is 0 Å². The van der Waals surface area contributed by atoms with Crippen molar-refractivity contribution in [1.82, 2.24) is 10.2 Å². The number of rotatable bonds is 4. The van der Waals surface area contributed by atoms with Gasteiger partial charge in [0.2, 0.25) is 0 Å². The second-order valence-corrected chi connectivity index (χ2v) is 6.60. The molecule has 0 atom stereocenters. The molecule has 1 aliphatic carbocycles. The van der Waals surface area contributed by atoms with Crippen LogP contribution in [0.3, 0.4) is 0 Å². The lowest BCUT2D eigenvalue weighted by atomic mass is 9.77. The molecule has 1 aromatic heterocycles. The van der Waals surface area contributed by atoms with Crippen LogP contribution in [0, 0.1) is 5.92 Å². The highest BCUT2D eigenvalue weighted by Gasteiger charge is 2.33. The Morgan fingerprint density at radius 2 is 1.80 bits per heavy atom. The number of aromatic amines is 1. The summed E-state index contributed by atoms with van der Waals surface area (Å²) in [5.41, 5.74) is 1.19. The molecule has 0 unspecified atom stereocenters. The second kappa shape index (κ2) is 6.90. The van der Waals surface area contributed by atoms with E-state index in [1.54, 1.807) is 12.1 Å². The Hall–Kier alpha value is -2.31. The Labute approximate surface area is 143 Å². The fourth-order valence-electron chi connectivity index (χ4n) is 3.49. The predicted octanol–water partition coefficient (Wildman–Crippen LogP) is 4.84. The molecule has 3 rings (SSSR count). The minimum atomic E-state index is -4.43. The van der Waals surface area contributed by atoms with Crippen molar-refractivity contribution >= 4 is 5.97 Å². The van der Waals surface area contributed by atoms with E-state index in [4.69, 9.17) is 5.11 Å². The Morgan fingerprint density at radius 3 is 2.32 bits per heavy atom. The van der Waals surface area contributed by atoms with Crippen molar-refractivity contribution in [1.29, 1.82) is 0 Å². The van der Waals surface area contributed by atoms with Gasteiger partial charge in [-0.3, -0.25) is 9.89 Å². The molecule has 7 heteroatoms. The lowest BCUT2D eigenvalue weighted by Crippen LogP contribution is -2.16. The lowest BCUT2D eigenvalue weighted by molar-refractivity contribution is -0.141. The normalized spacial score (nSPS) is 21.2. The summed E-state index contributed by atoms with van der Waals surface area (Å²) in [4.78, 5) is 10.8. The lowest BCUT2D eigenvalue weighted by Gasteiger charge is -2.28. The maximum absolute atomic E-state index is 12.6. The maximum atomic E-state index is 12.6. The fourth-order valence-corrected chi connectivity index (χ4v) is 3.49. The number of alkyl halides is 3. The van der Waals surface area contributed by atoms with Gasteiger partial charge in [-0.1, -0.05) is 24.3 Å². The standard InChI is InChI=1S/C18H19F3N2O2/c19-18(20,21)16-10-15(22-23-16)14-7-5-13(6-8-14)12-3-1-11(2-4-12)9-17(24)25/h5-8,10-12H,1-4,9H2,(H,22,23)(H,24,25). The van der Waals surface area contributed by atoms with Gasteiger partial charge in [-0.2, -0.15) is 18.3 Å². The molecule has 0 spiro atoms. The zero-order valence-corrected chi connectivity index (χ0v) is 13.5. The summed E-state index contributed by atoms with van der Waals surface area (Å²) >= 11 is 0. The first-order valence-electron chi connectivity index (χ1n) is 8.27. The summed E-state index contributed by atoms with van der Waals surface area (Å²) in [6.07, 6.45) is -0.526. The number of nitrogens with one attached hydrogen (secondary N) is 1. The average molecular weight is 352 g/mol. The van der Waals surface area contributed by atoms with Crippen LogP contribution in [0.2, 0.25) is 0 Å². The molecule has 2 N–H and O–H groups in total. The zero-order valence-electron chi connectivity index (χ0n) is 13.5. The second-order valence-electron chi connectivity index (χ2n) is 6.60. The van der Waals surface area contributed by atoms with E-state index in [2.05, 4.69) is 5.10 Å². The minimum Gasteiger partial charge on any atom is -0.481 e. The quantitative estimate of drug-likeness (QED) is 0.827. The highest BCUT2D eigenvalue weighted by atomic mass is 19.4.